The fourth-order valence-corrected chi connectivity index (χ4v) is 2.77. The van der Waals surface area contributed by atoms with Crippen molar-refractivity contribution in [3.05, 3.63) is 53.3 Å². The zero-order chi connectivity index (χ0) is 13.2. The van der Waals surface area contributed by atoms with E-state index in [9.17, 15) is 0 Å². The van der Waals surface area contributed by atoms with Crippen molar-refractivity contribution in [2.45, 2.75) is 19.9 Å². The standard InChI is InChI=1S/C15H15N3S/c1-10-3-4-13(9-16-10)18-11(2)12-7-15-14(17-8-12)5-6-19-15/h3-9,11,18H,1-2H3. The number of hydrogen-bond donors (Lipinski definition) is 1. The predicted molar refractivity (Wildman–Crippen MR) is 80.6 cm³/mol. The molecular formula is C15H15N3S. The van der Waals surface area contributed by atoms with Gasteiger partial charge in [0.05, 0.1) is 28.1 Å². The number of thiophene rings is 1. The highest BCUT2D eigenvalue weighted by atomic mass is 32.1. The lowest BCUT2D eigenvalue weighted by molar-refractivity contribution is 0.878. The molecule has 3 rings (SSSR count). The number of nitrogens with zero attached hydrogens (tertiary/aromatic N) is 2. The molecule has 0 amide bonds. The van der Waals surface area contributed by atoms with Gasteiger partial charge in [-0.3, -0.25) is 9.97 Å². The van der Waals surface area contributed by atoms with Crippen LogP contribution in [0.3, 0.4) is 0 Å². The molecule has 0 bridgehead atoms. The van der Waals surface area contributed by atoms with Gasteiger partial charge in [0.2, 0.25) is 0 Å². The Morgan fingerprint density at radius 2 is 2.05 bits per heavy atom. The van der Waals surface area contributed by atoms with E-state index in [2.05, 4.69) is 39.7 Å². The van der Waals surface area contributed by atoms with Crippen LogP contribution < -0.4 is 5.32 Å². The van der Waals surface area contributed by atoms with Gasteiger partial charge in [-0.1, -0.05) is 0 Å². The van der Waals surface area contributed by atoms with Gasteiger partial charge in [0.15, 0.2) is 0 Å². The van der Waals surface area contributed by atoms with Gasteiger partial charge in [0.25, 0.3) is 0 Å². The van der Waals surface area contributed by atoms with Crippen LogP contribution in [0.15, 0.2) is 42.0 Å². The number of aryl methyl sites for hydroxylation is 1. The number of aromatic nitrogens is 2. The van der Waals surface area contributed by atoms with E-state index in [4.69, 9.17) is 0 Å². The first kappa shape index (κ1) is 12.1. The fraction of sp³-hybridized carbons (Fsp3) is 0.200. The molecular weight excluding hydrogens is 254 g/mol. The zero-order valence-electron chi connectivity index (χ0n) is 10.9. The number of hydrogen-bond acceptors (Lipinski definition) is 4. The van der Waals surface area contributed by atoms with E-state index in [-0.39, 0.29) is 6.04 Å². The summed E-state index contributed by atoms with van der Waals surface area (Å²) in [7, 11) is 0. The number of pyridine rings is 2. The van der Waals surface area contributed by atoms with Crippen molar-refractivity contribution in [2.24, 2.45) is 0 Å². The lowest BCUT2D eigenvalue weighted by Crippen LogP contribution is -2.07. The Bertz CT molecular complexity index is 688. The van der Waals surface area contributed by atoms with Crippen LogP contribution in [0.1, 0.15) is 24.2 Å². The minimum atomic E-state index is 0.212. The Kier molecular flexibility index (Phi) is 3.17. The Hall–Kier alpha value is -1.94. The molecule has 1 atom stereocenters. The van der Waals surface area contributed by atoms with E-state index in [0.717, 1.165) is 16.9 Å². The van der Waals surface area contributed by atoms with Gasteiger partial charge in [0, 0.05) is 11.9 Å². The van der Waals surface area contributed by atoms with Crippen molar-refractivity contribution >= 4 is 27.2 Å². The third-order valence-corrected chi connectivity index (χ3v) is 3.97. The molecule has 0 aromatic carbocycles. The van der Waals surface area contributed by atoms with E-state index >= 15 is 0 Å². The highest BCUT2D eigenvalue weighted by Crippen LogP contribution is 2.24. The Morgan fingerprint density at radius 3 is 2.84 bits per heavy atom. The first-order valence-corrected chi connectivity index (χ1v) is 7.13. The summed E-state index contributed by atoms with van der Waals surface area (Å²) in [5.41, 5.74) is 4.32. The molecule has 0 fully saturated rings. The van der Waals surface area contributed by atoms with Gasteiger partial charge in [-0.25, -0.2) is 0 Å². The lowest BCUT2D eigenvalue weighted by Gasteiger charge is -2.15. The fourth-order valence-electron chi connectivity index (χ4n) is 1.98. The molecule has 0 radical (unpaired) electrons. The number of rotatable bonds is 3. The van der Waals surface area contributed by atoms with E-state index < -0.39 is 0 Å². The highest BCUT2D eigenvalue weighted by Gasteiger charge is 2.07. The smallest absolute Gasteiger partial charge is 0.0809 e. The highest BCUT2D eigenvalue weighted by molar-refractivity contribution is 7.17. The quantitative estimate of drug-likeness (QED) is 0.775. The molecule has 0 saturated carbocycles. The summed E-state index contributed by atoms with van der Waals surface area (Å²) in [5.74, 6) is 0. The monoisotopic (exact) mass is 269 g/mol. The maximum Gasteiger partial charge on any atom is 0.0809 e. The van der Waals surface area contributed by atoms with Crippen LogP contribution in [0, 0.1) is 6.92 Å². The van der Waals surface area contributed by atoms with Crippen LogP contribution in [-0.4, -0.2) is 9.97 Å². The predicted octanol–water partition coefficient (Wildman–Crippen LogP) is 4.17. The summed E-state index contributed by atoms with van der Waals surface area (Å²) in [4.78, 5) is 8.76. The molecule has 0 spiro atoms. The van der Waals surface area contributed by atoms with Gasteiger partial charge in [-0.05, 0) is 49.1 Å². The number of anilines is 1. The lowest BCUT2D eigenvalue weighted by atomic mass is 10.1. The number of nitrogens with one attached hydrogen (secondary N) is 1. The maximum atomic E-state index is 4.47. The summed E-state index contributed by atoms with van der Waals surface area (Å²) in [6.07, 6.45) is 3.80. The van der Waals surface area contributed by atoms with E-state index in [1.807, 2.05) is 31.5 Å². The van der Waals surface area contributed by atoms with Crippen molar-refractivity contribution in [3.8, 4) is 0 Å². The van der Waals surface area contributed by atoms with Crippen molar-refractivity contribution < 1.29 is 0 Å². The van der Waals surface area contributed by atoms with Gasteiger partial charge >= 0.3 is 0 Å². The summed E-state index contributed by atoms with van der Waals surface area (Å²) < 4.78 is 1.23. The van der Waals surface area contributed by atoms with Crippen LogP contribution in [-0.2, 0) is 0 Å². The molecule has 3 aromatic heterocycles. The van der Waals surface area contributed by atoms with E-state index in [0.29, 0.717) is 0 Å². The Labute approximate surface area is 116 Å². The van der Waals surface area contributed by atoms with Crippen LogP contribution in [0.25, 0.3) is 10.2 Å². The summed E-state index contributed by atoms with van der Waals surface area (Å²) in [6, 6.07) is 8.52. The molecule has 0 saturated heterocycles. The largest absolute Gasteiger partial charge is 0.377 e. The molecule has 1 N–H and O–H groups in total. The number of fused-ring (bicyclic) bond motifs is 1. The normalized spacial score (nSPS) is 12.5. The topological polar surface area (TPSA) is 37.8 Å². The Balaban J connectivity index is 1.82. The summed E-state index contributed by atoms with van der Waals surface area (Å²) in [6.45, 7) is 4.12. The van der Waals surface area contributed by atoms with Gasteiger partial charge in [-0.2, -0.15) is 0 Å². The van der Waals surface area contributed by atoms with E-state index in [1.165, 1.54) is 10.3 Å². The Morgan fingerprint density at radius 1 is 1.16 bits per heavy atom. The van der Waals surface area contributed by atoms with Crippen molar-refractivity contribution in [3.63, 3.8) is 0 Å². The molecule has 96 valence electrons. The minimum Gasteiger partial charge on any atom is -0.377 e. The molecule has 1 unspecified atom stereocenters. The third-order valence-electron chi connectivity index (χ3n) is 3.12. The summed E-state index contributed by atoms with van der Waals surface area (Å²) >= 11 is 1.72. The average molecular weight is 269 g/mol. The summed E-state index contributed by atoms with van der Waals surface area (Å²) in [5, 5.41) is 5.52. The molecule has 0 aliphatic carbocycles. The zero-order valence-corrected chi connectivity index (χ0v) is 11.7. The molecule has 19 heavy (non-hydrogen) atoms. The average Bonchev–Trinajstić information content (AvgIpc) is 2.88. The van der Waals surface area contributed by atoms with Crippen LogP contribution >= 0.6 is 11.3 Å². The van der Waals surface area contributed by atoms with E-state index in [1.54, 1.807) is 11.3 Å². The molecule has 3 heterocycles. The van der Waals surface area contributed by atoms with Crippen LogP contribution in [0.5, 0.6) is 0 Å². The maximum absolute atomic E-state index is 4.47. The first-order chi connectivity index (χ1) is 9.22. The molecule has 0 aliphatic heterocycles. The van der Waals surface area contributed by atoms with Gasteiger partial charge in [-0.15, -0.1) is 11.3 Å². The SMILES string of the molecule is Cc1ccc(NC(C)c2cnc3ccsc3c2)cn1. The molecule has 0 aliphatic rings. The van der Waals surface area contributed by atoms with Crippen molar-refractivity contribution in [1.82, 2.24) is 9.97 Å². The first-order valence-electron chi connectivity index (χ1n) is 6.25. The molecule has 3 nitrogen and oxygen atoms in total. The second kappa shape index (κ2) is 4.97. The molecule has 4 heteroatoms. The van der Waals surface area contributed by atoms with Crippen LogP contribution in [0.4, 0.5) is 5.69 Å². The van der Waals surface area contributed by atoms with Crippen LogP contribution in [0.2, 0.25) is 0 Å². The third kappa shape index (κ3) is 2.58. The second-order valence-corrected chi connectivity index (χ2v) is 5.57. The van der Waals surface area contributed by atoms with Gasteiger partial charge in [0.1, 0.15) is 0 Å². The molecule has 3 aromatic rings. The van der Waals surface area contributed by atoms with Crippen molar-refractivity contribution in [2.75, 3.05) is 5.32 Å². The van der Waals surface area contributed by atoms with Crippen molar-refractivity contribution in [1.29, 1.82) is 0 Å². The minimum absolute atomic E-state index is 0.212. The second-order valence-electron chi connectivity index (χ2n) is 4.63. The van der Waals surface area contributed by atoms with Gasteiger partial charge < -0.3 is 5.32 Å².